The molecule has 1 unspecified atom stereocenters. The van der Waals surface area contributed by atoms with Crippen molar-refractivity contribution in [3.63, 3.8) is 0 Å². The zero-order valence-corrected chi connectivity index (χ0v) is 23.6. The topological polar surface area (TPSA) is 105 Å². The molecular weight excluding hydrogens is 522 g/mol. The number of sulfonamides is 1. The number of amides is 2. The van der Waals surface area contributed by atoms with Crippen molar-refractivity contribution < 1.29 is 22.7 Å². The summed E-state index contributed by atoms with van der Waals surface area (Å²) < 4.78 is 34.4. The molecule has 0 aromatic heterocycles. The average Bonchev–Trinajstić information content (AvgIpc) is 2.92. The van der Waals surface area contributed by atoms with E-state index in [1.165, 1.54) is 23.9 Å². The second-order valence-corrected chi connectivity index (χ2v) is 11.2. The first-order valence-corrected chi connectivity index (χ1v) is 15.0. The van der Waals surface area contributed by atoms with Gasteiger partial charge in [0.15, 0.2) is 0 Å². The number of rotatable bonds is 12. The van der Waals surface area contributed by atoms with Crippen LogP contribution >= 0.6 is 11.8 Å². The molecule has 0 aliphatic heterocycles. The van der Waals surface area contributed by atoms with Crippen molar-refractivity contribution in [2.75, 3.05) is 29.0 Å². The maximum absolute atomic E-state index is 13.8. The molecule has 0 saturated carbocycles. The van der Waals surface area contributed by atoms with Crippen LogP contribution in [0.2, 0.25) is 0 Å². The van der Waals surface area contributed by atoms with Gasteiger partial charge in [0.1, 0.15) is 12.3 Å². The Bertz CT molecular complexity index is 1360. The van der Waals surface area contributed by atoms with E-state index in [2.05, 4.69) is 10.6 Å². The Kier molecular flexibility index (Phi) is 10.2. The van der Waals surface area contributed by atoms with Crippen molar-refractivity contribution >= 4 is 45.0 Å². The van der Waals surface area contributed by atoms with E-state index >= 15 is 0 Å². The Morgan fingerprint density at radius 3 is 2.29 bits per heavy atom. The molecule has 2 N–H and O–H groups in total. The highest BCUT2D eigenvalue weighted by Crippen LogP contribution is 2.33. The van der Waals surface area contributed by atoms with Crippen LogP contribution in [0.15, 0.2) is 82.6 Å². The van der Waals surface area contributed by atoms with Crippen molar-refractivity contribution in [2.45, 2.75) is 43.0 Å². The van der Waals surface area contributed by atoms with Gasteiger partial charge < -0.3 is 15.4 Å². The van der Waals surface area contributed by atoms with Crippen molar-refractivity contribution in [1.29, 1.82) is 0 Å². The Morgan fingerprint density at radius 1 is 0.974 bits per heavy atom. The predicted octanol–water partition coefficient (Wildman–Crippen LogP) is 5.17. The van der Waals surface area contributed by atoms with Crippen LogP contribution in [-0.2, 0) is 14.8 Å². The Morgan fingerprint density at radius 2 is 1.63 bits per heavy atom. The summed E-state index contributed by atoms with van der Waals surface area (Å²) in [6, 6.07) is 19.7. The lowest BCUT2D eigenvalue weighted by Gasteiger charge is -2.26. The van der Waals surface area contributed by atoms with Gasteiger partial charge in [0.05, 0.1) is 28.4 Å². The van der Waals surface area contributed by atoms with Gasteiger partial charge in [-0.1, -0.05) is 31.2 Å². The standard InChI is InChI=1S/C28H33N3O5S2/c1-5-20(3)29-28(33)23-11-7-8-12-24(23)30-27(32)19-31(25-13-9-10-14-26(25)36-6-2)38(34,35)22-17-15-21(37-4)16-18-22/h7-18,20H,5-6,19H2,1-4H3,(H,29,33)(H,30,32). The molecule has 0 saturated heterocycles. The molecule has 0 fully saturated rings. The molecule has 38 heavy (non-hydrogen) atoms. The first-order chi connectivity index (χ1) is 18.2. The minimum absolute atomic E-state index is 0.0422. The molecule has 0 bridgehead atoms. The fourth-order valence-electron chi connectivity index (χ4n) is 3.63. The summed E-state index contributed by atoms with van der Waals surface area (Å²) in [5.41, 5.74) is 0.817. The molecule has 0 aliphatic carbocycles. The molecule has 0 aliphatic rings. The first kappa shape index (κ1) is 29.1. The number of hydrogen-bond donors (Lipinski definition) is 2. The number of hydrogen-bond acceptors (Lipinski definition) is 6. The highest BCUT2D eigenvalue weighted by atomic mass is 32.2. The molecule has 10 heteroatoms. The Labute approximate surface area is 228 Å². The Hall–Kier alpha value is -3.50. The second kappa shape index (κ2) is 13.3. The van der Waals surface area contributed by atoms with Crippen LogP contribution in [0.25, 0.3) is 0 Å². The molecule has 3 aromatic carbocycles. The van der Waals surface area contributed by atoms with E-state index in [0.717, 1.165) is 15.6 Å². The maximum atomic E-state index is 13.8. The number of nitrogens with one attached hydrogen (secondary N) is 2. The lowest BCUT2D eigenvalue weighted by atomic mass is 10.1. The smallest absolute Gasteiger partial charge is 0.264 e. The van der Waals surface area contributed by atoms with Crippen molar-refractivity contribution in [3.05, 3.63) is 78.4 Å². The van der Waals surface area contributed by atoms with Gasteiger partial charge in [-0.3, -0.25) is 13.9 Å². The zero-order valence-electron chi connectivity index (χ0n) is 21.9. The van der Waals surface area contributed by atoms with Crippen LogP contribution < -0.4 is 19.7 Å². The number of anilines is 2. The highest BCUT2D eigenvalue weighted by Gasteiger charge is 2.30. The van der Waals surface area contributed by atoms with Gasteiger partial charge >= 0.3 is 0 Å². The third-order valence-electron chi connectivity index (χ3n) is 5.80. The minimum Gasteiger partial charge on any atom is -0.492 e. The highest BCUT2D eigenvalue weighted by molar-refractivity contribution is 7.98. The number of thioether (sulfide) groups is 1. The molecule has 0 radical (unpaired) electrons. The number of benzene rings is 3. The van der Waals surface area contributed by atoms with E-state index in [0.29, 0.717) is 12.4 Å². The van der Waals surface area contributed by atoms with E-state index in [-0.39, 0.29) is 33.8 Å². The quantitative estimate of drug-likeness (QED) is 0.299. The summed E-state index contributed by atoms with van der Waals surface area (Å²) in [6.07, 6.45) is 2.66. The predicted molar refractivity (Wildman–Crippen MR) is 153 cm³/mol. The van der Waals surface area contributed by atoms with Crippen molar-refractivity contribution in [3.8, 4) is 5.75 Å². The van der Waals surface area contributed by atoms with Crippen LogP contribution in [0.5, 0.6) is 5.75 Å². The van der Waals surface area contributed by atoms with Gasteiger partial charge in [-0.2, -0.15) is 0 Å². The van der Waals surface area contributed by atoms with E-state index in [1.807, 2.05) is 20.1 Å². The van der Waals surface area contributed by atoms with E-state index in [1.54, 1.807) is 67.6 Å². The summed E-state index contributed by atoms with van der Waals surface area (Å²) in [4.78, 5) is 27.0. The molecule has 3 aromatic rings. The second-order valence-electron chi connectivity index (χ2n) is 8.46. The number of carbonyl (C=O) groups is 2. The van der Waals surface area contributed by atoms with Crippen LogP contribution in [0.3, 0.4) is 0 Å². The molecule has 2 amide bonds. The lowest BCUT2D eigenvalue weighted by Crippen LogP contribution is -2.39. The van der Waals surface area contributed by atoms with E-state index in [9.17, 15) is 18.0 Å². The zero-order chi connectivity index (χ0) is 27.7. The van der Waals surface area contributed by atoms with Crippen LogP contribution in [-0.4, -0.2) is 45.7 Å². The van der Waals surface area contributed by atoms with Gasteiger partial charge in [-0.05, 0) is 75.1 Å². The average molecular weight is 556 g/mol. The molecule has 202 valence electrons. The first-order valence-electron chi connectivity index (χ1n) is 12.3. The third-order valence-corrected chi connectivity index (χ3v) is 8.32. The van der Waals surface area contributed by atoms with E-state index in [4.69, 9.17) is 4.74 Å². The van der Waals surface area contributed by atoms with Gasteiger partial charge in [0.25, 0.3) is 15.9 Å². The van der Waals surface area contributed by atoms with Crippen LogP contribution in [0.4, 0.5) is 11.4 Å². The summed E-state index contributed by atoms with van der Waals surface area (Å²) in [5.74, 6) is -0.597. The Balaban J connectivity index is 1.97. The fourth-order valence-corrected chi connectivity index (χ4v) is 5.47. The van der Waals surface area contributed by atoms with Gasteiger partial charge in [-0.25, -0.2) is 8.42 Å². The van der Waals surface area contributed by atoms with Crippen molar-refractivity contribution in [2.24, 2.45) is 0 Å². The molecule has 1 atom stereocenters. The summed E-state index contributed by atoms with van der Waals surface area (Å²) in [6.45, 7) is 5.44. The molecular formula is C28H33N3O5S2. The number of para-hydroxylation sites is 3. The fraction of sp³-hybridized carbons (Fsp3) is 0.286. The van der Waals surface area contributed by atoms with Gasteiger partial charge in [-0.15, -0.1) is 11.8 Å². The summed E-state index contributed by atoms with van der Waals surface area (Å²) in [7, 11) is -4.15. The number of nitrogens with zero attached hydrogens (tertiary/aromatic N) is 1. The van der Waals surface area contributed by atoms with Crippen molar-refractivity contribution in [1.82, 2.24) is 5.32 Å². The minimum atomic E-state index is -4.15. The maximum Gasteiger partial charge on any atom is 0.264 e. The van der Waals surface area contributed by atoms with Crippen LogP contribution in [0.1, 0.15) is 37.6 Å². The molecule has 0 spiro atoms. The summed E-state index contributed by atoms with van der Waals surface area (Å²) >= 11 is 1.50. The largest absolute Gasteiger partial charge is 0.492 e. The number of ether oxygens (including phenoxy) is 1. The SMILES string of the molecule is CCOc1ccccc1N(CC(=O)Nc1ccccc1C(=O)NC(C)CC)S(=O)(=O)c1ccc(SC)cc1. The molecule has 3 rings (SSSR count). The summed E-state index contributed by atoms with van der Waals surface area (Å²) in [5, 5.41) is 5.61. The molecule has 8 nitrogen and oxygen atoms in total. The van der Waals surface area contributed by atoms with Crippen LogP contribution in [0, 0.1) is 0 Å². The molecule has 0 heterocycles. The monoisotopic (exact) mass is 555 g/mol. The third kappa shape index (κ3) is 7.08. The van der Waals surface area contributed by atoms with Gasteiger partial charge in [0.2, 0.25) is 5.91 Å². The lowest BCUT2D eigenvalue weighted by molar-refractivity contribution is -0.114. The van der Waals surface area contributed by atoms with E-state index < -0.39 is 22.5 Å². The normalized spacial score (nSPS) is 11.9. The number of carbonyl (C=O) groups excluding carboxylic acids is 2. The van der Waals surface area contributed by atoms with Gasteiger partial charge in [0, 0.05) is 10.9 Å².